The van der Waals surface area contributed by atoms with E-state index in [0.29, 0.717) is 35.9 Å². The smallest absolute Gasteiger partial charge is 0.248 e. The van der Waals surface area contributed by atoms with Crippen LogP contribution in [-0.2, 0) is 9.59 Å². The summed E-state index contributed by atoms with van der Waals surface area (Å²) in [6.45, 7) is 7.67. The van der Waals surface area contributed by atoms with Gasteiger partial charge in [-0.05, 0) is 48.4 Å². The number of aryl methyl sites for hydroxylation is 1. The number of anilines is 2. The van der Waals surface area contributed by atoms with Crippen LogP contribution >= 0.6 is 0 Å². The van der Waals surface area contributed by atoms with Gasteiger partial charge in [-0.25, -0.2) is 0 Å². The van der Waals surface area contributed by atoms with E-state index in [1.54, 1.807) is 50.5 Å². The lowest BCUT2D eigenvalue weighted by Crippen LogP contribution is -2.12. The van der Waals surface area contributed by atoms with Gasteiger partial charge in [0.2, 0.25) is 11.8 Å². The zero-order valence-electron chi connectivity index (χ0n) is 17.0. The van der Waals surface area contributed by atoms with Crippen molar-refractivity contribution in [2.45, 2.75) is 20.3 Å². The van der Waals surface area contributed by atoms with Crippen LogP contribution in [0.3, 0.4) is 0 Å². The molecule has 0 aliphatic carbocycles. The van der Waals surface area contributed by atoms with Crippen LogP contribution in [0, 0.1) is 6.92 Å². The maximum Gasteiger partial charge on any atom is 0.248 e. The highest BCUT2D eigenvalue weighted by atomic mass is 16.5. The Labute approximate surface area is 171 Å². The van der Waals surface area contributed by atoms with Crippen molar-refractivity contribution in [2.24, 2.45) is 0 Å². The average molecular weight is 394 g/mol. The van der Waals surface area contributed by atoms with E-state index in [9.17, 15) is 9.59 Å². The molecule has 0 aromatic heterocycles. The van der Waals surface area contributed by atoms with Gasteiger partial charge in [-0.2, -0.15) is 0 Å². The summed E-state index contributed by atoms with van der Waals surface area (Å²) in [6.07, 6.45) is 5.17. The fraction of sp³-hybridized carbons (Fsp3) is 0.217. The predicted molar refractivity (Wildman–Crippen MR) is 116 cm³/mol. The summed E-state index contributed by atoms with van der Waals surface area (Å²) in [5.41, 5.74) is 2.97. The number of rotatable bonds is 9. The Morgan fingerprint density at radius 2 is 1.90 bits per heavy atom. The molecule has 2 amide bonds. The zero-order valence-corrected chi connectivity index (χ0v) is 17.0. The highest BCUT2D eigenvalue weighted by molar-refractivity contribution is 6.03. The van der Waals surface area contributed by atoms with Crippen molar-refractivity contribution in [1.82, 2.24) is 0 Å². The lowest BCUT2D eigenvalue weighted by molar-refractivity contribution is -0.116. The Balaban J connectivity index is 2.08. The first-order valence-electron chi connectivity index (χ1n) is 9.28. The summed E-state index contributed by atoms with van der Waals surface area (Å²) >= 11 is 0. The number of ether oxygens (including phenoxy) is 2. The number of amides is 2. The first kappa shape index (κ1) is 21.8. The summed E-state index contributed by atoms with van der Waals surface area (Å²) in [7, 11) is 1.56. The number of hydrogen-bond acceptors (Lipinski definition) is 4. The van der Waals surface area contributed by atoms with Gasteiger partial charge in [-0.3, -0.25) is 9.59 Å². The third-order valence-electron chi connectivity index (χ3n) is 4.07. The second kappa shape index (κ2) is 10.7. The molecule has 0 fully saturated rings. The van der Waals surface area contributed by atoms with Gasteiger partial charge in [-0.15, -0.1) is 0 Å². The largest absolute Gasteiger partial charge is 0.493 e. The summed E-state index contributed by atoms with van der Waals surface area (Å²) in [4.78, 5) is 23.9. The lowest BCUT2D eigenvalue weighted by Gasteiger charge is -2.11. The van der Waals surface area contributed by atoms with Crippen LogP contribution < -0.4 is 20.1 Å². The highest BCUT2D eigenvalue weighted by Gasteiger charge is 2.07. The number of nitrogens with one attached hydrogen (secondary N) is 2. The second-order valence-corrected chi connectivity index (χ2v) is 6.26. The van der Waals surface area contributed by atoms with E-state index in [0.717, 1.165) is 11.1 Å². The molecule has 0 bridgehead atoms. The maximum atomic E-state index is 12.3. The van der Waals surface area contributed by atoms with Gasteiger partial charge in [0.1, 0.15) is 6.61 Å². The standard InChI is InChI=1S/C23H26N2O4/c1-5-13-29-20-11-8-17(14-21(20)28-4)9-12-23(27)25-19-15-18(10-7-16(19)3)24-22(26)6-2/h5,7-12,14-15H,1,6,13H2,2-4H3,(H,24,26)(H,25,27). The van der Waals surface area contributed by atoms with Gasteiger partial charge >= 0.3 is 0 Å². The Morgan fingerprint density at radius 1 is 1.10 bits per heavy atom. The fourth-order valence-electron chi connectivity index (χ4n) is 2.49. The predicted octanol–water partition coefficient (Wildman–Crippen LogP) is 4.57. The van der Waals surface area contributed by atoms with Crippen molar-refractivity contribution < 1.29 is 19.1 Å². The fourth-order valence-corrected chi connectivity index (χ4v) is 2.49. The van der Waals surface area contributed by atoms with Gasteiger partial charge in [0.05, 0.1) is 7.11 Å². The van der Waals surface area contributed by atoms with Gasteiger partial charge in [-0.1, -0.05) is 31.7 Å². The molecule has 2 aromatic rings. The molecule has 0 aliphatic heterocycles. The van der Waals surface area contributed by atoms with Crippen molar-refractivity contribution in [3.05, 3.63) is 66.3 Å². The molecule has 2 aromatic carbocycles. The molecule has 2 rings (SSSR count). The van der Waals surface area contributed by atoms with Gasteiger partial charge in [0, 0.05) is 23.9 Å². The molecule has 0 radical (unpaired) electrons. The SMILES string of the molecule is C=CCOc1ccc(C=CC(=O)Nc2cc(NC(=O)CC)ccc2C)cc1OC. The number of carbonyl (C=O) groups excluding carboxylic acids is 2. The normalized spacial score (nSPS) is 10.4. The van der Waals surface area contributed by atoms with Crippen LogP contribution in [0.15, 0.2) is 55.1 Å². The molecule has 152 valence electrons. The number of methoxy groups -OCH3 is 1. The third kappa shape index (κ3) is 6.53. The van der Waals surface area contributed by atoms with E-state index >= 15 is 0 Å². The van der Waals surface area contributed by atoms with Gasteiger partial charge < -0.3 is 20.1 Å². The number of carbonyl (C=O) groups is 2. The molecule has 0 saturated heterocycles. The van der Waals surface area contributed by atoms with Crippen LogP contribution in [0.1, 0.15) is 24.5 Å². The molecule has 0 aliphatic rings. The number of benzene rings is 2. The Kier molecular flexibility index (Phi) is 8.03. The average Bonchev–Trinajstić information content (AvgIpc) is 2.73. The molecular weight excluding hydrogens is 368 g/mol. The monoisotopic (exact) mass is 394 g/mol. The Morgan fingerprint density at radius 3 is 2.59 bits per heavy atom. The maximum absolute atomic E-state index is 12.3. The zero-order chi connectivity index (χ0) is 21.2. The summed E-state index contributed by atoms with van der Waals surface area (Å²) < 4.78 is 10.8. The highest BCUT2D eigenvalue weighted by Crippen LogP contribution is 2.28. The van der Waals surface area contributed by atoms with Crippen LogP contribution in [0.4, 0.5) is 11.4 Å². The molecule has 6 heteroatoms. The van der Waals surface area contributed by atoms with Crippen molar-refractivity contribution >= 4 is 29.3 Å². The molecule has 0 atom stereocenters. The third-order valence-corrected chi connectivity index (χ3v) is 4.07. The van der Waals surface area contributed by atoms with E-state index in [1.165, 1.54) is 6.08 Å². The molecule has 2 N–H and O–H groups in total. The molecule has 0 heterocycles. The van der Waals surface area contributed by atoms with E-state index in [4.69, 9.17) is 9.47 Å². The van der Waals surface area contributed by atoms with Gasteiger partial charge in [0.25, 0.3) is 0 Å². The molecular formula is C23H26N2O4. The summed E-state index contributed by atoms with van der Waals surface area (Å²) in [6, 6.07) is 10.8. The minimum atomic E-state index is -0.280. The minimum absolute atomic E-state index is 0.0829. The summed E-state index contributed by atoms with van der Waals surface area (Å²) in [5.74, 6) is 0.818. The van der Waals surface area contributed by atoms with Crippen molar-refractivity contribution in [1.29, 1.82) is 0 Å². The first-order valence-corrected chi connectivity index (χ1v) is 9.28. The van der Waals surface area contributed by atoms with Crippen LogP contribution in [0.5, 0.6) is 11.5 Å². The van der Waals surface area contributed by atoms with E-state index in [-0.39, 0.29) is 11.8 Å². The molecule has 29 heavy (non-hydrogen) atoms. The van der Waals surface area contributed by atoms with E-state index in [2.05, 4.69) is 17.2 Å². The molecule has 0 unspecified atom stereocenters. The second-order valence-electron chi connectivity index (χ2n) is 6.26. The van der Waals surface area contributed by atoms with Crippen molar-refractivity contribution in [2.75, 3.05) is 24.4 Å². The van der Waals surface area contributed by atoms with E-state index in [1.807, 2.05) is 19.1 Å². The van der Waals surface area contributed by atoms with Crippen LogP contribution in [-0.4, -0.2) is 25.5 Å². The Bertz CT molecular complexity index is 919. The first-order chi connectivity index (χ1) is 14.0. The summed E-state index contributed by atoms with van der Waals surface area (Å²) in [5, 5.41) is 5.62. The number of hydrogen-bond donors (Lipinski definition) is 2. The topological polar surface area (TPSA) is 76.7 Å². The van der Waals surface area contributed by atoms with Crippen molar-refractivity contribution in [3.63, 3.8) is 0 Å². The van der Waals surface area contributed by atoms with Crippen LogP contribution in [0.2, 0.25) is 0 Å². The molecule has 6 nitrogen and oxygen atoms in total. The van der Waals surface area contributed by atoms with Crippen LogP contribution in [0.25, 0.3) is 6.08 Å². The molecule has 0 spiro atoms. The Hall–Kier alpha value is -3.54. The lowest BCUT2D eigenvalue weighted by atomic mass is 10.1. The van der Waals surface area contributed by atoms with E-state index < -0.39 is 0 Å². The minimum Gasteiger partial charge on any atom is -0.493 e. The quantitative estimate of drug-likeness (QED) is 0.483. The molecule has 0 saturated carbocycles. The van der Waals surface area contributed by atoms with Crippen molar-refractivity contribution in [3.8, 4) is 11.5 Å². The van der Waals surface area contributed by atoms with Gasteiger partial charge in [0.15, 0.2) is 11.5 Å².